The van der Waals surface area contributed by atoms with E-state index in [-0.39, 0.29) is 47.2 Å². The second kappa shape index (κ2) is 9.85. The summed E-state index contributed by atoms with van der Waals surface area (Å²) in [5.74, 6) is -2.20. The van der Waals surface area contributed by atoms with Crippen LogP contribution in [0.4, 0.5) is 23.6 Å². The number of halogens is 4. The fraction of sp³-hybridized carbons (Fsp3) is 0.387. The van der Waals surface area contributed by atoms with Gasteiger partial charge in [-0.2, -0.15) is 18.2 Å². The molecule has 2 aromatic heterocycles. The fourth-order valence-electron chi connectivity index (χ4n) is 5.72. The van der Waals surface area contributed by atoms with Gasteiger partial charge in [-0.05, 0) is 74.1 Å². The topological polar surface area (TPSA) is 112 Å². The maximum Gasteiger partial charge on any atom is 0.399 e. The fourth-order valence-corrected chi connectivity index (χ4v) is 5.72. The van der Waals surface area contributed by atoms with Crippen LogP contribution in [0.5, 0.6) is 11.5 Å². The van der Waals surface area contributed by atoms with Crippen LogP contribution in [0.25, 0.3) is 22.4 Å². The van der Waals surface area contributed by atoms with Gasteiger partial charge in [0.1, 0.15) is 35.5 Å². The van der Waals surface area contributed by atoms with Crippen LogP contribution in [-0.4, -0.2) is 41.3 Å². The zero-order chi connectivity index (χ0) is 30.1. The number of pyridine rings is 1. The monoisotopic (exact) mass is 596 g/mol. The molecule has 1 amide bonds. The molecule has 2 aliphatic carbocycles. The van der Waals surface area contributed by atoms with Gasteiger partial charge in [-0.15, -0.1) is 0 Å². The largest absolute Gasteiger partial charge is 0.490 e. The Balaban J connectivity index is 1.24. The summed E-state index contributed by atoms with van der Waals surface area (Å²) in [6.07, 6.45) is -1.02. The third-order valence-electron chi connectivity index (χ3n) is 8.52. The molecule has 3 N–H and O–H groups in total. The second-order valence-corrected chi connectivity index (χ2v) is 11.8. The van der Waals surface area contributed by atoms with Crippen molar-refractivity contribution >= 4 is 23.0 Å². The Bertz CT molecular complexity index is 1730. The highest BCUT2D eigenvalue weighted by molar-refractivity contribution is 5.99. The van der Waals surface area contributed by atoms with Crippen molar-refractivity contribution in [2.45, 2.75) is 56.2 Å². The Morgan fingerprint density at radius 3 is 2.51 bits per heavy atom. The number of nitrogens with one attached hydrogen (secondary N) is 1. The van der Waals surface area contributed by atoms with Crippen LogP contribution in [0.3, 0.4) is 0 Å². The highest BCUT2D eigenvalue weighted by atomic mass is 19.4. The molecule has 2 atom stereocenters. The lowest BCUT2D eigenvalue weighted by Crippen LogP contribution is -2.41. The maximum atomic E-state index is 14.1. The second-order valence-electron chi connectivity index (χ2n) is 11.8. The van der Waals surface area contributed by atoms with E-state index in [0.29, 0.717) is 28.1 Å². The molecule has 224 valence electrons. The number of aromatic nitrogens is 2. The third kappa shape index (κ3) is 5.12. The van der Waals surface area contributed by atoms with Crippen LogP contribution in [0.1, 0.15) is 60.1 Å². The number of rotatable bonds is 8. The van der Waals surface area contributed by atoms with Crippen LogP contribution >= 0.6 is 0 Å². The summed E-state index contributed by atoms with van der Waals surface area (Å²) in [7, 11) is 0. The van der Waals surface area contributed by atoms with E-state index in [2.05, 4.69) is 10.3 Å². The molecule has 2 aromatic carbocycles. The van der Waals surface area contributed by atoms with Gasteiger partial charge in [0, 0.05) is 34.3 Å². The van der Waals surface area contributed by atoms with E-state index in [1.54, 1.807) is 6.07 Å². The molecule has 12 heteroatoms. The van der Waals surface area contributed by atoms with E-state index in [0.717, 1.165) is 25.7 Å². The van der Waals surface area contributed by atoms with E-state index in [9.17, 15) is 22.4 Å². The number of carbonyl (C=O) groups excluding carboxylic acids is 1. The minimum atomic E-state index is -4.53. The Labute approximate surface area is 243 Å². The van der Waals surface area contributed by atoms with E-state index >= 15 is 0 Å². The molecule has 0 radical (unpaired) electrons. The number of nitrogen functional groups attached to an aromatic ring is 1. The number of anilines is 1. The van der Waals surface area contributed by atoms with Crippen molar-refractivity contribution in [3.05, 3.63) is 65.1 Å². The van der Waals surface area contributed by atoms with Gasteiger partial charge >= 0.3 is 6.18 Å². The number of hydrogen-bond acceptors (Lipinski definition) is 7. The van der Waals surface area contributed by atoms with Crippen molar-refractivity contribution in [3.63, 3.8) is 0 Å². The molecule has 1 aliphatic heterocycles. The summed E-state index contributed by atoms with van der Waals surface area (Å²) in [6, 6.07) is 9.94. The summed E-state index contributed by atoms with van der Waals surface area (Å²) >= 11 is 0. The normalized spacial score (nSPS) is 19.5. The standard InChI is InChI=1S/C31H28F4N4O4/c1-30(17-4-5-17,14-37-28(40)16-10-22(42-19-8-9-19)26-23(11-16)43-29(36)39-26)24-12-20-21(31(33,34)35)13-41-27(20)25(38-24)15-2-6-18(32)7-3-15/h2-3,6-7,10-12,17,19,21H,4-5,8-9,13-14H2,1H3,(H2,36,39)(H,37,40)/t21-,30?/m1/s1. The summed E-state index contributed by atoms with van der Waals surface area (Å²) in [5, 5.41) is 2.97. The number of amides is 1. The first-order valence-electron chi connectivity index (χ1n) is 14.2. The number of fused-ring (bicyclic) bond motifs is 2. The SMILES string of the molecule is CC(CNC(=O)c1cc(OC2CC2)c2nc(N)oc2c1)(c1cc2c(c(-c3ccc(F)cc3)n1)OC[C@H]2C(F)(F)F)C1CC1. The molecular formula is C31H28F4N4O4. The van der Waals surface area contributed by atoms with Crippen molar-refractivity contribution in [1.29, 1.82) is 0 Å². The summed E-state index contributed by atoms with van der Waals surface area (Å²) in [4.78, 5) is 22.5. The molecule has 0 spiro atoms. The van der Waals surface area contributed by atoms with E-state index < -0.39 is 35.8 Å². The number of alkyl halides is 3. The predicted octanol–water partition coefficient (Wildman–Crippen LogP) is 6.29. The molecule has 0 bridgehead atoms. The zero-order valence-corrected chi connectivity index (χ0v) is 23.1. The highest BCUT2D eigenvalue weighted by Gasteiger charge is 2.50. The minimum Gasteiger partial charge on any atom is -0.490 e. The van der Waals surface area contributed by atoms with Crippen molar-refractivity contribution < 1.29 is 36.2 Å². The minimum absolute atomic E-state index is 0.00903. The van der Waals surface area contributed by atoms with Gasteiger partial charge in [0.15, 0.2) is 11.1 Å². The van der Waals surface area contributed by atoms with Gasteiger partial charge < -0.3 is 24.9 Å². The molecule has 3 aliphatic rings. The number of ether oxygens (including phenoxy) is 2. The molecule has 1 unspecified atom stereocenters. The molecule has 43 heavy (non-hydrogen) atoms. The van der Waals surface area contributed by atoms with Crippen molar-refractivity contribution in [3.8, 4) is 22.8 Å². The van der Waals surface area contributed by atoms with Crippen molar-refractivity contribution in [1.82, 2.24) is 15.3 Å². The molecule has 0 saturated heterocycles. The maximum absolute atomic E-state index is 14.1. The van der Waals surface area contributed by atoms with Gasteiger partial charge in [0.25, 0.3) is 11.9 Å². The predicted molar refractivity (Wildman–Crippen MR) is 148 cm³/mol. The molecule has 3 heterocycles. The number of hydrogen-bond donors (Lipinski definition) is 2. The van der Waals surface area contributed by atoms with Gasteiger partial charge in [-0.25, -0.2) is 9.37 Å². The molecule has 7 rings (SSSR count). The number of benzene rings is 2. The lowest BCUT2D eigenvalue weighted by Gasteiger charge is -2.31. The average molecular weight is 597 g/mol. The molecular weight excluding hydrogens is 568 g/mol. The van der Waals surface area contributed by atoms with Crippen LogP contribution in [0.2, 0.25) is 0 Å². The van der Waals surface area contributed by atoms with Gasteiger partial charge in [0.2, 0.25) is 0 Å². The van der Waals surface area contributed by atoms with Crippen molar-refractivity contribution in [2.24, 2.45) is 5.92 Å². The number of nitrogens with zero attached hydrogens (tertiary/aromatic N) is 2. The van der Waals surface area contributed by atoms with Crippen LogP contribution in [-0.2, 0) is 5.41 Å². The first kappa shape index (κ1) is 27.5. The molecule has 8 nitrogen and oxygen atoms in total. The van der Waals surface area contributed by atoms with E-state index in [4.69, 9.17) is 24.6 Å². The molecule has 2 saturated carbocycles. The van der Waals surface area contributed by atoms with Crippen molar-refractivity contribution in [2.75, 3.05) is 18.9 Å². The Morgan fingerprint density at radius 1 is 1.09 bits per heavy atom. The number of carbonyl (C=O) groups is 1. The Hall–Kier alpha value is -4.35. The quantitative estimate of drug-likeness (QED) is 0.230. The van der Waals surface area contributed by atoms with E-state index in [1.807, 2.05) is 6.92 Å². The number of oxazole rings is 1. The average Bonchev–Trinajstić information content (AvgIpc) is 3.89. The van der Waals surface area contributed by atoms with Gasteiger partial charge in [-0.1, -0.05) is 6.92 Å². The number of nitrogens with two attached hydrogens (primary N) is 1. The Morgan fingerprint density at radius 2 is 1.84 bits per heavy atom. The Kier molecular flexibility index (Phi) is 6.30. The highest BCUT2D eigenvalue weighted by Crippen LogP contribution is 2.52. The smallest absolute Gasteiger partial charge is 0.399 e. The zero-order valence-electron chi connectivity index (χ0n) is 23.1. The first-order valence-corrected chi connectivity index (χ1v) is 14.2. The molecule has 4 aromatic rings. The van der Waals surface area contributed by atoms with Crippen LogP contribution in [0, 0.1) is 11.7 Å². The lowest BCUT2D eigenvalue weighted by molar-refractivity contribution is -0.151. The van der Waals surface area contributed by atoms with Gasteiger partial charge in [-0.3, -0.25) is 4.79 Å². The summed E-state index contributed by atoms with van der Waals surface area (Å²) in [5.41, 5.74) is 7.02. The van der Waals surface area contributed by atoms with Crippen LogP contribution in [0.15, 0.2) is 46.9 Å². The summed E-state index contributed by atoms with van der Waals surface area (Å²) < 4.78 is 72.9. The van der Waals surface area contributed by atoms with E-state index in [1.165, 1.54) is 36.4 Å². The summed E-state index contributed by atoms with van der Waals surface area (Å²) in [6.45, 7) is 1.45. The van der Waals surface area contributed by atoms with Crippen LogP contribution < -0.4 is 20.5 Å². The molecule has 2 fully saturated rings. The first-order chi connectivity index (χ1) is 20.5. The third-order valence-corrected chi connectivity index (χ3v) is 8.52. The lowest BCUT2D eigenvalue weighted by atomic mass is 9.79. The van der Waals surface area contributed by atoms with Gasteiger partial charge in [0.05, 0.1) is 6.10 Å².